The van der Waals surface area contributed by atoms with Gasteiger partial charge in [-0.1, -0.05) is 13.0 Å². The normalized spacial score (nSPS) is 12.2. The van der Waals surface area contributed by atoms with Gasteiger partial charge < -0.3 is 10.0 Å². The van der Waals surface area contributed by atoms with Crippen LogP contribution in [0.3, 0.4) is 0 Å². The van der Waals surface area contributed by atoms with Crippen LogP contribution in [-0.4, -0.2) is 24.7 Å². The minimum atomic E-state index is -0.849. The van der Waals surface area contributed by atoms with Gasteiger partial charge in [0.25, 0.3) is 0 Å². The van der Waals surface area contributed by atoms with Crippen molar-refractivity contribution in [1.82, 2.24) is 0 Å². The third-order valence-corrected chi connectivity index (χ3v) is 2.22. The maximum Gasteiger partial charge on any atom is 0.308 e. The molecule has 1 aromatic carbocycles. The summed E-state index contributed by atoms with van der Waals surface area (Å²) in [5.41, 5.74) is 0.683. The number of hydrogen-bond donors (Lipinski definition) is 1. The molecule has 0 bridgehead atoms. The van der Waals surface area contributed by atoms with Crippen LogP contribution in [0, 0.1) is 11.7 Å². The molecule has 4 heteroatoms. The number of benzene rings is 1. The molecule has 0 heterocycles. The summed E-state index contributed by atoms with van der Waals surface area (Å²) in [6.07, 6.45) is 0. The van der Waals surface area contributed by atoms with Crippen molar-refractivity contribution in [3.8, 4) is 0 Å². The molecule has 0 aliphatic carbocycles. The van der Waals surface area contributed by atoms with E-state index in [1.54, 1.807) is 31.0 Å². The molecule has 0 fully saturated rings. The van der Waals surface area contributed by atoms with Crippen LogP contribution in [0.25, 0.3) is 0 Å². The summed E-state index contributed by atoms with van der Waals surface area (Å²) >= 11 is 0. The maximum absolute atomic E-state index is 12.9. The number of rotatable bonds is 4. The molecule has 1 N–H and O–H groups in total. The van der Waals surface area contributed by atoms with Crippen molar-refractivity contribution >= 4 is 11.7 Å². The van der Waals surface area contributed by atoms with Gasteiger partial charge in [0.05, 0.1) is 5.92 Å². The predicted molar refractivity (Wildman–Crippen MR) is 56.5 cm³/mol. The Hall–Kier alpha value is -1.58. The van der Waals surface area contributed by atoms with E-state index >= 15 is 0 Å². The van der Waals surface area contributed by atoms with Crippen LogP contribution in [0.1, 0.15) is 6.92 Å². The summed E-state index contributed by atoms with van der Waals surface area (Å²) in [7, 11) is 1.74. The van der Waals surface area contributed by atoms with Gasteiger partial charge in [0.15, 0.2) is 0 Å². The van der Waals surface area contributed by atoms with Gasteiger partial charge in [-0.2, -0.15) is 0 Å². The highest BCUT2D eigenvalue weighted by Gasteiger charge is 2.13. The fraction of sp³-hybridized carbons (Fsp3) is 0.364. The van der Waals surface area contributed by atoms with Crippen molar-refractivity contribution < 1.29 is 14.3 Å². The smallest absolute Gasteiger partial charge is 0.308 e. The van der Waals surface area contributed by atoms with Gasteiger partial charge in [-0.15, -0.1) is 0 Å². The SMILES string of the molecule is CC(CN(C)c1cccc(F)c1)C(=O)O. The molecule has 1 aromatic rings. The highest BCUT2D eigenvalue weighted by atomic mass is 19.1. The van der Waals surface area contributed by atoms with Crippen LogP contribution >= 0.6 is 0 Å². The van der Waals surface area contributed by atoms with E-state index < -0.39 is 11.9 Å². The van der Waals surface area contributed by atoms with E-state index in [1.165, 1.54) is 12.1 Å². The zero-order valence-corrected chi connectivity index (χ0v) is 8.77. The second kappa shape index (κ2) is 4.77. The summed E-state index contributed by atoms with van der Waals surface area (Å²) in [4.78, 5) is 12.4. The summed E-state index contributed by atoms with van der Waals surface area (Å²) in [5, 5.41) is 8.73. The molecule has 0 radical (unpaired) electrons. The number of nitrogens with zero attached hydrogens (tertiary/aromatic N) is 1. The highest BCUT2D eigenvalue weighted by molar-refractivity contribution is 5.70. The predicted octanol–water partition coefficient (Wildman–Crippen LogP) is 1.98. The minimum Gasteiger partial charge on any atom is -0.481 e. The van der Waals surface area contributed by atoms with Crippen molar-refractivity contribution in [2.45, 2.75) is 6.92 Å². The largest absolute Gasteiger partial charge is 0.481 e. The van der Waals surface area contributed by atoms with Gasteiger partial charge >= 0.3 is 5.97 Å². The van der Waals surface area contributed by atoms with Gasteiger partial charge in [-0.3, -0.25) is 4.79 Å². The van der Waals surface area contributed by atoms with Crippen molar-refractivity contribution in [2.24, 2.45) is 5.92 Å². The van der Waals surface area contributed by atoms with Crippen LogP contribution < -0.4 is 4.90 Å². The van der Waals surface area contributed by atoms with E-state index in [4.69, 9.17) is 5.11 Å². The molecule has 0 aliphatic rings. The zero-order chi connectivity index (χ0) is 11.4. The molecule has 0 amide bonds. The average molecular weight is 211 g/mol. The van der Waals surface area contributed by atoms with Gasteiger partial charge in [0, 0.05) is 19.3 Å². The third kappa shape index (κ3) is 3.23. The van der Waals surface area contributed by atoms with Crippen LogP contribution in [0.4, 0.5) is 10.1 Å². The Balaban J connectivity index is 2.68. The van der Waals surface area contributed by atoms with Gasteiger partial charge in [-0.05, 0) is 18.2 Å². The number of aliphatic carboxylic acids is 1. The van der Waals surface area contributed by atoms with Crippen molar-refractivity contribution in [2.75, 3.05) is 18.5 Å². The molecule has 3 nitrogen and oxygen atoms in total. The molecule has 0 saturated heterocycles. The Morgan fingerprint density at radius 3 is 2.80 bits per heavy atom. The molecule has 0 spiro atoms. The van der Waals surface area contributed by atoms with Crippen molar-refractivity contribution in [1.29, 1.82) is 0 Å². The molecule has 82 valence electrons. The van der Waals surface area contributed by atoms with Crippen LogP contribution in [-0.2, 0) is 4.79 Å². The lowest BCUT2D eigenvalue weighted by molar-refractivity contribution is -0.140. The lowest BCUT2D eigenvalue weighted by Gasteiger charge is -2.21. The first-order valence-electron chi connectivity index (χ1n) is 4.70. The number of halogens is 1. The van der Waals surface area contributed by atoms with Crippen LogP contribution in [0.15, 0.2) is 24.3 Å². The van der Waals surface area contributed by atoms with Crippen LogP contribution in [0.2, 0.25) is 0 Å². The van der Waals surface area contributed by atoms with Crippen molar-refractivity contribution in [3.05, 3.63) is 30.1 Å². The molecule has 1 rings (SSSR count). The molecule has 0 saturated carbocycles. The highest BCUT2D eigenvalue weighted by Crippen LogP contribution is 2.15. The summed E-state index contributed by atoms with van der Waals surface area (Å²) in [6.45, 7) is 1.98. The molecule has 0 aliphatic heterocycles. The summed E-state index contributed by atoms with van der Waals surface area (Å²) < 4.78 is 12.9. The second-order valence-electron chi connectivity index (χ2n) is 3.60. The Kier molecular flexibility index (Phi) is 3.66. The standard InChI is InChI=1S/C11H14FNO2/c1-8(11(14)15)7-13(2)10-5-3-4-9(12)6-10/h3-6,8H,7H2,1-2H3,(H,14,15). The Morgan fingerprint density at radius 2 is 2.27 bits per heavy atom. The van der Waals surface area contributed by atoms with E-state index in [9.17, 15) is 9.18 Å². The molecular formula is C11H14FNO2. The van der Waals surface area contributed by atoms with Gasteiger partial charge in [-0.25, -0.2) is 4.39 Å². The number of carboxylic acids is 1. The lowest BCUT2D eigenvalue weighted by atomic mass is 10.1. The quantitative estimate of drug-likeness (QED) is 0.827. The molecule has 1 unspecified atom stereocenters. The second-order valence-corrected chi connectivity index (χ2v) is 3.60. The fourth-order valence-corrected chi connectivity index (χ4v) is 1.31. The lowest BCUT2D eigenvalue weighted by Crippen LogP contribution is -2.28. The zero-order valence-electron chi connectivity index (χ0n) is 8.77. The average Bonchev–Trinajstić information content (AvgIpc) is 2.17. The Bertz CT molecular complexity index is 354. The number of carboxylic acid groups (broad SMARTS) is 1. The maximum atomic E-state index is 12.9. The first-order valence-corrected chi connectivity index (χ1v) is 4.70. The Labute approximate surface area is 88.1 Å². The number of anilines is 1. The van der Waals surface area contributed by atoms with Crippen LogP contribution in [0.5, 0.6) is 0 Å². The van der Waals surface area contributed by atoms with E-state index in [1.807, 2.05) is 0 Å². The molecule has 15 heavy (non-hydrogen) atoms. The topological polar surface area (TPSA) is 40.5 Å². The van der Waals surface area contributed by atoms with Gasteiger partial charge in [0.2, 0.25) is 0 Å². The first-order chi connectivity index (χ1) is 7.00. The Morgan fingerprint density at radius 1 is 1.60 bits per heavy atom. The minimum absolute atomic E-state index is 0.317. The van der Waals surface area contributed by atoms with E-state index in [2.05, 4.69) is 0 Å². The monoisotopic (exact) mass is 211 g/mol. The van der Waals surface area contributed by atoms with Gasteiger partial charge in [0.1, 0.15) is 5.82 Å². The van der Waals surface area contributed by atoms with E-state index in [0.717, 1.165) is 0 Å². The first kappa shape index (κ1) is 11.5. The number of hydrogen-bond acceptors (Lipinski definition) is 2. The summed E-state index contributed by atoms with van der Waals surface area (Å²) in [5.74, 6) is -1.64. The third-order valence-electron chi connectivity index (χ3n) is 2.22. The van der Waals surface area contributed by atoms with E-state index in [-0.39, 0.29) is 5.82 Å². The summed E-state index contributed by atoms with van der Waals surface area (Å²) in [6, 6.07) is 6.09. The molecule has 0 aromatic heterocycles. The number of carbonyl (C=O) groups is 1. The molecule has 1 atom stereocenters. The van der Waals surface area contributed by atoms with E-state index in [0.29, 0.717) is 12.2 Å². The fourth-order valence-electron chi connectivity index (χ4n) is 1.31. The molecular weight excluding hydrogens is 197 g/mol. The van der Waals surface area contributed by atoms with Crippen molar-refractivity contribution in [3.63, 3.8) is 0 Å².